The van der Waals surface area contributed by atoms with E-state index < -0.39 is 5.91 Å². The van der Waals surface area contributed by atoms with Crippen molar-refractivity contribution in [1.82, 2.24) is 10.2 Å². The Hall–Kier alpha value is -2.41. The van der Waals surface area contributed by atoms with Crippen LogP contribution in [0.15, 0.2) is 18.3 Å². The van der Waals surface area contributed by atoms with Crippen molar-refractivity contribution in [2.45, 2.75) is 0 Å². The fraction of sp³-hybridized carbons (Fsp3) is 0.167. The van der Waals surface area contributed by atoms with Crippen LogP contribution in [0.25, 0.3) is 0 Å². The minimum Gasteiger partial charge on any atom is -0.495 e. The zero-order valence-corrected chi connectivity index (χ0v) is 11.6. The molecule has 4 N–H and O–H groups in total. The lowest BCUT2D eigenvalue weighted by Gasteiger charge is -2.12. The number of nitrogens with zero attached hydrogens (tertiary/aromatic N) is 1. The maximum Gasteiger partial charge on any atom is 0.275 e. The summed E-state index contributed by atoms with van der Waals surface area (Å²) in [4.78, 5) is 12.1. The minimum atomic E-state index is -0.442. The second-order valence-electron chi connectivity index (χ2n) is 3.84. The Morgan fingerprint density at radius 1 is 1.35 bits per heavy atom. The summed E-state index contributed by atoms with van der Waals surface area (Å²) in [6.45, 7) is 0. The fourth-order valence-electron chi connectivity index (χ4n) is 1.62. The van der Waals surface area contributed by atoms with Crippen LogP contribution >= 0.6 is 11.6 Å². The molecule has 2 rings (SSSR count). The molecular formula is C12H13ClN4O3. The van der Waals surface area contributed by atoms with Gasteiger partial charge in [0.1, 0.15) is 17.2 Å². The van der Waals surface area contributed by atoms with Crippen molar-refractivity contribution in [1.29, 1.82) is 0 Å². The fourth-order valence-corrected chi connectivity index (χ4v) is 1.85. The van der Waals surface area contributed by atoms with E-state index in [0.717, 1.165) is 0 Å². The van der Waals surface area contributed by atoms with E-state index in [4.69, 9.17) is 26.8 Å². The molecule has 0 spiro atoms. The summed E-state index contributed by atoms with van der Waals surface area (Å²) in [7, 11) is 2.95. The molecule has 2 aromatic rings. The number of nitrogens with two attached hydrogens (primary N) is 1. The van der Waals surface area contributed by atoms with Crippen LogP contribution in [0, 0.1) is 0 Å². The summed E-state index contributed by atoms with van der Waals surface area (Å²) < 4.78 is 10.3. The number of carbonyl (C=O) groups excluding carboxylic acids is 1. The highest BCUT2D eigenvalue weighted by molar-refractivity contribution is 6.32. The number of anilines is 2. The van der Waals surface area contributed by atoms with Gasteiger partial charge >= 0.3 is 0 Å². The van der Waals surface area contributed by atoms with Crippen molar-refractivity contribution in [3.8, 4) is 11.5 Å². The third kappa shape index (κ3) is 2.62. The number of H-pyrrole nitrogens is 1. The first-order valence-corrected chi connectivity index (χ1v) is 5.96. The topological polar surface area (TPSA) is 102 Å². The van der Waals surface area contributed by atoms with Crippen LogP contribution in [0.3, 0.4) is 0 Å². The Morgan fingerprint density at radius 2 is 2.05 bits per heavy atom. The second-order valence-corrected chi connectivity index (χ2v) is 4.25. The highest BCUT2D eigenvalue weighted by atomic mass is 35.5. The zero-order chi connectivity index (χ0) is 14.7. The lowest BCUT2D eigenvalue weighted by atomic mass is 10.2. The molecule has 0 aliphatic carbocycles. The van der Waals surface area contributed by atoms with E-state index in [1.165, 1.54) is 20.4 Å². The number of nitrogens with one attached hydrogen (secondary N) is 2. The average molecular weight is 297 g/mol. The van der Waals surface area contributed by atoms with E-state index in [1.807, 2.05) is 0 Å². The highest BCUT2D eigenvalue weighted by Gasteiger charge is 2.16. The molecule has 0 fully saturated rings. The number of methoxy groups -OCH3 is 2. The van der Waals surface area contributed by atoms with Gasteiger partial charge in [-0.1, -0.05) is 11.6 Å². The van der Waals surface area contributed by atoms with E-state index in [-0.39, 0.29) is 11.4 Å². The predicted molar refractivity (Wildman–Crippen MR) is 75.5 cm³/mol. The van der Waals surface area contributed by atoms with Crippen LogP contribution < -0.4 is 20.5 Å². The molecule has 7 nitrogen and oxygen atoms in total. The molecule has 1 heterocycles. The maximum absolute atomic E-state index is 12.1. The van der Waals surface area contributed by atoms with Crippen molar-refractivity contribution in [3.63, 3.8) is 0 Å². The van der Waals surface area contributed by atoms with Gasteiger partial charge in [0, 0.05) is 12.1 Å². The van der Waals surface area contributed by atoms with Crippen LogP contribution in [0.1, 0.15) is 10.5 Å². The molecule has 0 bridgehead atoms. The SMILES string of the molecule is COc1cc(NC(=O)c2[nH]ncc2N)c(OC)cc1Cl. The predicted octanol–water partition coefficient (Wildman–Crippen LogP) is 1.91. The van der Waals surface area contributed by atoms with Gasteiger partial charge in [0.05, 0.1) is 36.8 Å². The summed E-state index contributed by atoms with van der Waals surface area (Å²) in [6.07, 6.45) is 1.36. The number of aromatic nitrogens is 2. The molecule has 20 heavy (non-hydrogen) atoms. The molecule has 0 aliphatic rings. The Balaban J connectivity index is 2.33. The molecule has 1 aromatic carbocycles. The number of amides is 1. The molecule has 0 unspecified atom stereocenters. The number of benzene rings is 1. The van der Waals surface area contributed by atoms with Crippen LogP contribution in [0.5, 0.6) is 11.5 Å². The number of hydrogen-bond donors (Lipinski definition) is 3. The van der Waals surface area contributed by atoms with Crippen molar-refractivity contribution in [2.75, 3.05) is 25.3 Å². The molecule has 0 atom stereocenters. The summed E-state index contributed by atoms with van der Waals surface area (Å²) in [5, 5.41) is 9.24. The van der Waals surface area contributed by atoms with E-state index in [1.54, 1.807) is 12.1 Å². The molecule has 8 heteroatoms. The maximum atomic E-state index is 12.1. The molecule has 106 valence electrons. The average Bonchev–Trinajstić information content (AvgIpc) is 2.86. The number of carbonyl (C=O) groups is 1. The van der Waals surface area contributed by atoms with Crippen molar-refractivity contribution in [3.05, 3.63) is 29.0 Å². The lowest BCUT2D eigenvalue weighted by molar-refractivity contribution is 0.102. The van der Waals surface area contributed by atoms with E-state index in [9.17, 15) is 4.79 Å². The Bertz CT molecular complexity index is 642. The normalized spacial score (nSPS) is 10.2. The smallest absolute Gasteiger partial charge is 0.275 e. The molecule has 0 saturated carbocycles. The standard InChI is InChI=1S/C12H13ClN4O3/c1-19-9-4-8(10(20-2)3-6(9)13)16-12(18)11-7(14)5-15-17-11/h3-5H,14H2,1-2H3,(H,15,17)(H,16,18). The van der Waals surface area contributed by atoms with Crippen LogP contribution in [0.4, 0.5) is 11.4 Å². The molecule has 1 aromatic heterocycles. The Kier molecular flexibility index (Phi) is 3.99. The largest absolute Gasteiger partial charge is 0.495 e. The van der Waals surface area contributed by atoms with Gasteiger partial charge in [0.25, 0.3) is 5.91 Å². The number of hydrogen-bond acceptors (Lipinski definition) is 5. The summed E-state index contributed by atoms with van der Waals surface area (Å²) in [5.74, 6) is 0.380. The summed E-state index contributed by atoms with van der Waals surface area (Å²) in [6, 6.07) is 3.11. The van der Waals surface area contributed by atoms with Gasteiger partial charge in [-0.05, 0) is 0 Å². The van der Waals surface area contributed by atoms with E-state index in [2.05, 4.69) is 15.5 Å². The number of nitrogen functional groups attached to an aromatic ring is 1. The summed E-state index contributed by atoms with van der Waals surface area (Å²) in [5.41, 5.74) is 6.44. The van der Waals surface area contributed by atoms with Crippen LogP contribution in [-0.2, 0) is 0 Å². The quantitative estimate of drug-likeness (QED) is 0.800. The summed E-state index contributed by atoms with van der Waals surface area (Å²) >= 11 is 5.99. The molecule has 0 aliphatic heterocycles. The number of rotatable bonds is 4. The van der Waals surface area contributed by atoms with Crippen molar-refractivity contribution >= 4 is 28.9 Å². The van der Waals surface area contributed by atoms with E-state index in [0.29, 0.717) is 22.2 Å². The molecule has 1 amide bonds. The first-order chi connectivity index (χ1) is 9.56. The van der Waals surface area contributed by atoms with Gasteiger partial charge in [0.2, 0.25) is 0 Å². The van der Waals surface area contributed by atoms with Gasteiger partial charge < -0.3 is 20.5 Å². The molecular weight excluding hydrogens is 284 g/mol. The number of ether oxygens (including phenoxy) is 2. The van der Waals surface area contributed by atoms with E-state index >= 15 is 0 Å². The first-order valence-electron chi connectivity index (χ1n) is 5.58. The lowest BCUT2D eigenvalue weighted by Crippen LogP contribution is -2.15. The third-order valence-electron chi connectivity index (χ3n) is 2.62. The first kappa shape index (κ1) is 14.0. The van der Waals surface area contributed by atoms with Gasteiger partial charge in [-0.3, -0.25) is 9.89 Å². The second kappa shape index (κ2) is 5.70. The highest BCUT2D eigenvalue weighted by Crippen LogP contribution is 2.36. The monoisotopic (exact) mass is 296 g/mol. The van der Waals surface area contributed by atoms with Gasteiger partial charge in [-0.2, -0.15) is 5.10 Å². The zero-order valence-electron chi connectivity index (χ0n) is 10.9. The van der Waals surface area contributed by atoms with Crippen molar-refractivity contribution < 1.29 is 14.3 Å². The number of aromatic amines is 1. The Labute approximate surface area is 120 Å². The van der Waals surface area contributed by atoms with Crippen LogP contribution in [-0.4, -0.2) is 30.3 Å². The molecule has 0 saturated heterocycles. The Morgan fingerprint density at radius 3 is 2.60 bits per heavy atom. The van der Waals surface area contributed by atoms with Gasteiger partial charge in [0.15, 0.2) is 0 Å². The van der Waals surface area contributed by atoms with Gasteiger partial charge in [-0.25, -0.2) is 0 Å². The van der Waals surface area contributed by atoms with Crippen LogP contribution in [0.2, 0.25) is 5.02 Å². The molecule has 0 radical (unpaired) electrons. The number of halogens is 1. The third-order valence-corrected chi connectivity index (χ3v) is 2.91. The minimum absolute atomic E-state index is 0.168. The van der Waals surface area contributed by atoms with Crippen molar-refractivity contribution in [2.24, 2.45) is 0 Å². The van der Waals surface area contributed by atoms with Gasteiger partial charge in [-0.15, -0.1) is 0 Å².